The van der Waals surface area contributed by atoms with Crippen molar-refractivity contribution in [3.63, 3.8) is 0 Å². The van der Waals surface area contributed by atoms with Crippen LogP contribution in [0.5, 0.6) is 17.2 Å². The summed E-state index contributed by atoms with van der Waals surface area (Å²) in [6.45, 7) is 2.90. The van der Waals surface area contributed by atoms with E-state index in [4.69, 9.17) is 14.2 Å². The van der Waals surface area contributed by atoms with E-state index in [9.17, 15) is 18.0 Å². The van der Waals surface area contributed by atoms with Crippen LogP contribution >= 0.6 is 0 Å². The van der Waals surface area contributed by atoms with Gasteiger partial charge in [-0.3, -0.25) is 13.9 Å². The first kappa shape index (κ1) is 30.5. The van der Waals surface area contributed by atoms with Crippen LogP contribution in [0.3, 0.4) is 0 Å². The molecular weight excluding hydrogens is 546 g/mol. The Morgan fingerprint density at radius 3 is 2.49 bits per heavy atom. The van der Waals surface area contributed by atoms with Crippen LogP contribution in [0, 0.1) is 0 Å². The fourth-order valence-electron chi connectivity index (χ4n) is 5.31. The average molecular weight is 588 g/mol. The van der Waals surface area contributed by atoms with Crippen LogP contribution in [0.25, 0.3) is 0 Å². The number of hydrogen-bond donors (Lipinski definition) is 1. The number of fused-ring (bicyclic) bond motifs is 1. The lowest BCUT2D eigenvalue weighted by Crippen LogP contribution is -2.50. The summed E-state index contributed by atoms with van der Waals surface area (Å²) in [5.41, 5.74) is 1.28. The predicted octanol–water partition coefficient (Wildman–Crippen LogP) is 3.88. The third-order valence-corrected chi connectivity index (χ3v) is 8.77. The molecule has 1 aliphatic carbocycles. The lowest BCUT2D eigenvalue weighted by atomic mass is 9.95. The van der Waals surface area contributed by atoms with Gasteiger partial charge in [0.2, 0.25) is 21.8 Å². The van der Waals surface area contributed by atoms with Crippen LogP contribution in [-0.4, -0.2) is 70.3 Å². The van der Waals surface area contributed by atoms with E-state index in [1.807, 2.05) is 24.3 Å². The minimum absolute atomic E-state index is 0.0710. The molecule has 2 amide bonds. The van der Waals surface area contributed by atoms with Crippen molar-refractivity contribution in [3.8, 4) is 17.2 Å². The molecule has 224 valence electrons. The van der Waals surface area contributed by atoms with E-state index in [0.29, 0.717) is 36.1 Å². The minimum Gasteiger partial charge on any atom is -0.497 e. The number of methoxy groups -OCH3 is 1. The van der Waals surface area contributed by atoms with Gasteiger partial charge in [-0.15, -0.1) is 0 Å². The number of ether oxygens (including phenoxy) is 3. The van der Waals surface area contributed by atoms with Crippen molar-refractivity contribution in [3.05, 3.63) is 48.0 Å². The van der Waals surface area contributed by atoms with E-state index in [0.717, 1.165) is 37.5 Å². The van der Waals surface area contributed by atoms with Gasteiger partial charge in [0.1, 0.15) is 25.0 Å². The van der Waals surface area contributed by atoms with Crippen LogP contribution in [0.15, 0.2) is 42.5 Å². The lowest BCUT2D eigenvalue weighted by molar-refractivity contribution is -0.141. The van der Waals surface area contributed by atoms with Crippen LogP contribution in [0.4, 0.5) is 5.69 Å². The second-order valence-electron chi connectivity index (χ2n) is 10.7. The van der Waals surface area contributed by atoms with Gasteiger partial charge in [-0.2, -0.15) is 0 Å². The number of nitrogens with one attached hydrogen (secondary N) is 1. The van der Waals surface area contributed by atoms with Gasteiger partial charge in [0.15, 0.2) is 11.5 Å². The zero-order valence-corrected chi connectivity index (χ0v) is 25.0. The smallest absolute Gasteiger partial charge is 0.242 e. The number of rotatable bonds is 12. The quantitative estimate of drug-likeness (QED) is 0.401. The van der Waals surface area contributed by atoms with Crippen LogP contribution < -0.4 is 23.8 Å². The van der Waals surface area contributed by atoms with Gasteiger partial charge >= 0.3 is 0 Å². The number of carbonyl (C=O) groups is 2. The molecule has 2 aromatic carbocycles. The molecule has 1 aliphatic heterocycles. The van der Waals surface area contributed by atoms with E-state index < -0.39 is 16.1 Å². The first-order chi connectivity index (χ1) is 19.7. The summed E-state index contributed by atoms with van der Waals surface area (Å²) in [6.07, 6.45) is 6.73. The van der Waals surface area contributed by atoms with Crippen LogP contribution in [0.1, 0.15) is 57.4 Å². The third kappa shape index (κ3) is 8.28. The van der Waals surface area contributed by atoms with E-state index in [2.05, 4.69) is 5.32 Å². The summed E-state index contributed by atoms with van der Waals surface area (Å²) in [4.78, 5) is 28.4. The molecule has 0 unspecified atom stereocenters. The SMILES string of the molecule is COc1cccc(CN(C(=O)CCCN(c2ccc3c(c2)OCCO3)S(C)(=O)=O)[C@@H](C)C(=O)NC2CCCCC2)c1. The average Bonchev–Trinajstić information content (AvgIpc) is 2.97. The fraction of sp³-hybridized carbons (Fsp3) is 0.533. The monoisotopic (exact) mass is 587 g/mol. The molecular formula is C30H41N3O7S. The molecule has 1 N–H and O–H groups in total. The maximum atomic E-state index is 13.6. The van der Waals surface area contributed by atoms with Gasteiger partial charge in [-0.05, 0) is 56.0 Å². The van der Waals surface area contributed by atoms with Crippen LogP contribution in [-0.2, 0) is 26.2 Å². The van der Waals surface area contributed by atoms with Gasteiger partial charge in [-0.1, -0.05) is 31.4 Å². The third-order valence-electron chi connectivity index (χ3n) is 7.57. The molecule has 4 rings (SSSR count). The van der Waals surface area contributed by atoms with Gasteiger partial charge in [0.05, 0.1) is 19.1 Å². The van der Waals surface area contributed by atoms with Crippen molar-refractivity contribution in [2.75, 3.05) is 37.4 Å². The molecule has 0 saturated heterocycles. The Hall–Kier alpha value is -3.47. The molecule has 41 heavy (non-hydrogen) atoms. The maximum Gasteiger partial charge on any atom is 0.242 e. The molecule has 1 fully saturated rings. The molecule has 0 aromatic heterocycles. The Bertz CT molecular complexity index is 1310. The van der Waals surface area contributed by atoms with Crippen molar-refractivity contribution in [1.29, 1.82) is 0 Å². The molecule has 0 bridgehead atoms. The summed E-state index contributed by atoms with van der Waals surface area (Å²) in [5.74, 6) is 1.31. The number of carbonyl (C=O) groups excluding carboxylic acids is 2. The number of amides is 2. The second-order valence-corrected chi connectivity index (χ2v) is 12.6. The summed E-state index contributed by atoms with van der Waals surface area (Å²) < 4.78 is 43.2. The van der Waals surface area contributed by atoms with Crippen molar-refractivity contribution in [2.24, 2.45) is 0 Å². The number of benzene rings is 2. The predicted molar refractivity (Wildman–Crippen MR) is 157 cm³/mol. The van der Waals surface area contributed by atoms with Crippen molar-refractivity contribution in [2.45, 2.75) is 70.5 Å². The summed E-state index contributed by atoms with van der Waals surface area (Å²) in [5, 5.41) is 3.14. The highest BCUT2D eigenvalue weighted by molar-refractivity contribution is 7.92. The topological polar surface area (TPSA) is 114 Å². The molecule has 11 heteroatoms. The van der Waals surface area contributed by atoms with E-state index in [1.165, 1.54) is 10.7 Å². The molecule has 2 aliphatic rings. The van der Waals surface area contributed by atoms with E-state index in [1.54, 1.807) is 37.1 Å². The van der Waals surface area contributed by atoms with E-state index in [-0.39, 0.29) is 43.8 Å². The standard InChI is InChI=1S/C30H41N3O7S/c1-22(30(35)31-24-10-5-4-6-11-24)32(21-23-9-7-12-26(19-23)38-2)29(34)13-8-16-33(41(3,36)37)25-14-15-27-28(20-25)40-18-17-39-27/h7,9,12,14-15,19-20,22,24H,4-6,8,10-11,13,16-18,21H2,1-3H3,(H,31,35)/t22-/m0/s1. The first-order valence-corrected chi connectivity index (χ1v) is 16.1. The second kappa shape index (κ2) is 13.9. The van der Waals surface area contributed by atoms with Gasteiger partial charge in [0.25, 0.3) is 0 Å². The number of nitrogens with zero attached hydrogens (tertiary/aromatic N) is 2. The molecule has 10 nitrogen and oxygen atoms in total. The largest absolute Gasteiger partial charge is 0.497 e. The van der Waals surface area contributed by atoms with E-state index >= 15 is 0 Å². The first-order valence-electron chi connectivity index (χ1n) is 14.3. The van der Waals surface area contributed by atoms with Gasteiger partial charge in [-0.25, -0.2) is 8.42 Å². The van der Waals surface area contributed by atoms with Gasteiger partial charge < -0.3 is 24.4 Å². The highest BCUT2D eigenvalue weighted by Gasteiger charge is 2.29. The molecule has 2 aromatic rings. The maximum absolute atomic E-state index is 13.6. The molecule has 0 radical (unpaired) electrons. The number of hydrogen-bond acceptors (Lipinski definition) is 7. The Morgan fingerprint density at radius 2 is 1.78 bits per heavy atom. The Kier molecular flexibility index (Phi) is 10.4. The number of anilines is 1. The summed E-state index contributed by atoms with van der Waals surface area (Å²) in [6, 6.07) is 11.8. The zero-order valence-electron chi connectivity index (χ0n) is 24.1. The highest BCUT2D eigenvalue weighted by Crippen LogP contribution is 2.35. The summed E-state index contributed by atoms with van der Waals surface area (Å²) >= 11 is 0. The molecule has 0 spiro atoms. The summed E-state index contributed by atoms with van der Waals surface area (Å²) in [7, 11) is -2.05. The number of sulfonamides is 1. The minimum atomic E-state index is -3.63. The zero-order chi connectivity index (χ0) is 29.4. The van der Waals surface area contributed by atoms with Crippen LogP contribution in [0.2, 0.25) is 0 Å². The van der Waals surface area contributed by atoms with Crippen molar-refractivity contribution < 1.29 is 32.2 Å². The Labute approximate surface area is 243 Å². The van der Waals surface area contributed by atoms with Crippen molar-refractivity contribution >= 4 is 27.5 Å². The molecule has 1 saturated carbocycles. The van der Waals surface area contributed by atoms with Gasteiger partial charge in [0, 0.05) is 31.6 Å². The van der Waals surface area contributed by atoms with Crippen molar-refractivity contribution in [1.82, 2.24) is 10.2 Å². The Morgan fingerprint density at radius 1 is 1.05 bits per heavy atom. The highest BCUT2D eigenvalue weighted by atomic mass is 32.2. The molecule has 1 atom stereocenters. The fourth-order valence-corrected chi connectivity index (χ4v) is 6.27. The lowest BCUT2D eigenvalue weighted by Gasteiger charge is -2.31. The normalized spacial score (nSPS) is 16.0. The Balaban J connectivity index is 1.46. The molecule has 1 heterocycles.